The number of rotatable bonds is 6. The molecule has 0 spiro atoms. The molecular weight excluding hydrogens is 336 g/mol. The van der Waals surface area contributed by atoms with E-state index in [1.165, 1.54) is 21.1 Å². The normalized spacial score (nSPS) is 11.0. The highest BCUT2D eigenvalue weighted by Gasteiger charge is 2.25. The molecule has 26 heavy (non-hydrogen) atoms. The van der Waals surface area contributed by atoms with E-state index in [9.17, 15) is 9.59 Å². The number of nitriles is 1. The topological polar surface area (TPSA) is 97.7 Å². The van der Waals surface area contributed by atoms with E-state index in [-0.39, 0.29) is 17.1 Å². The van der Waals surface area contributed by atoms with E-state index >= 15 is 0 Å². The number of ether oxygens (including phenoxy) is 3. The Morgan fingerprint density at radius 1 is 1.04 bits per heavy atom. The Balaban J connectivity index is 2.15. The van der Waals surface area contributed by atoms with Crippen LogP contribution in [0.25, 0.3) is 0 Å². The Morgan fingerprint density at radius 2 is 1.65 bits per heavy atom. The number of carbonyl (C=O) groups excluding carboxylic acids is 2. The molecule has 2 aromatic carbocycles. The summed E-state index contributed by atoms with van der Waals surface area (Å²) >= 11 is 0. The van der Waals surface area contributed by atoms with Crippen LogP contribution in [-0.2, 0) is 9.53 Å². The molecule has 0 unspecified atom stereocenters. The molecule has 1 N–H and O–H groups in total. The number of amides is 1. The van der Waals surface area contributed by atoms with Crippen molar-refractivity contribution in [1.82, 2.24) is 0 Å². The highest BCUT2D eigenvalue weighted by Crippen LogP contribution is 2.29. The Hall–Kier alpha value is -3.53. The number of anilines is 1. The van der Waals surface area contributed by atoms with Crippen LogP contribution >= 0.6 is 0 Å². The van der Waals surface area contributed by atoms with Crippen molar-refractivity contribution in [2.45, 2.75) is 13.0 Å². The van der Waals surface area contributed by atoms with Crippen LogP contribution < -0.4 is 14.8 Å². The maximum Gasteiger partial charge on any atom is 0.346 e. The first kappa shape index (κ1) is 18.8. The lowest BCUT2D eigenvalue weighted by molar-refractivity contribution is -0.123. The molecule has 0 saturated heterocycles. The highest BCUT2D eigenvalue weighted by molar-refractivity contribution is 6.00. The second-order valence-corrected chi connectivity index (χ2v) is 5.23. The van der Waals surface area contributed by atoms with Gasteiger partial charge in [0.05, 0.1) is 25.5 Å². The minimum Gasteiger partial charge on any atom is -0.496 e. The van der Waals surface area contributed by atoms with Gasteiger partial charge in [0.1, 0.15) is 23.1 Å². The minimum atomic E-state index is -1.09. The lowest BCUT2D eigenvalue weighted by Crippen LogP contribution is -2.30. The molecule has 0 saturated carbocycles. The van der Waals surface area contributed by atoms with Gasteiger partial charge in [-0.1, -0.05) is 18.2 Å². The second kappa shape index (κ2) is 8.53. The van der Waals surface area contributed by atoms with E-state index in [4.69, 9.17) is 19.5 Å². The van der Waals surface area contributed by atoms with E-state index in [1.54, 1.807) is 42.5 Å². The maximum atomic E-state index is 12.5. The van der Waals surface area contributed by atoms with Crippen LogP contribution in [0.3, 0.4) is 0 Å². The number of esters is 1. The summed E-state index contributed by atoms with van der Waals surface area (Å²) in [4.78, 5) is 24.8. The molecular formula is C19H18N2O5. The molecule has 134 valence electrons. The van der Waals surface area contributed by atoms with Crippen molar-refractivity contribution in [2.75, 3.05) is 19.5 Å². The number of nitrogens with one attached hydrogen (secondary N) is 1. The summed E-state index contributed by atoms with van der Waals surface area (Å²) in [5.74, 6) is -0.765. The molecule has 0 radical (unpaired) electrons. The third kappa shape index (κ3) is 4.11. The van der Waals surface area contributed by atoms with Crippen LogP contribution in [0.15, 0.2) is 42.5 Å². The van der Waals surface area contributed by atoms with E-state index in [0.717, 1.165) is 0 Å². The van der Waals surface area contributed by atoms with Crippen molar-refractivity contribution in [2.24, 2.45) is 0 Å². The smallest absolute Gasteiger partial charge is 0.346 e. The molecule has 0 fully saturated rings. The van der Waals surface area contributed by atoms with E-state index in [0.29, 0.717) is 11.3 Å². The lowest BCUT2D eigenvalue weighted by atomic mass is 10.1. The Kier molecular flexibility index (Phi) is 6.17. The fourth-order valence-corrected chi connectivity index (χ4v) is 2.25. The fourth-order valence-electron chi connectivity index (χ4n) is 2.25. The van der Waals surface area contributed by atoms with Gasteiger partial charge in [-0.3, -0.25) is 4.79 Å². The Labute approximate surface area is 151 Å². The number of benzene rings is 2. The predicted octanol–water partition coefficient (Wildman–Crippen LogP) is 2.76. The van der Waals surface area contributed by atoms with Crippen LogP contribution in [0.1, 0.15) is 22.8 Å². The molecule has 0 aliphatic carbocycles. The van der Waals surface area contributed by atoms with Gasteiger partial charge in [0, 0.05) is 0 Å². The summed E-state index contributed by atoms with van der Waals surface area (Å²) < 4.78 is 15.6. The minimum absolute atomic E-state index is 0.0922. The first-order chi connectivity index (χ1) is 12.5. The molecule has 1 amide bonds. The first-order valence-corrected chi connectivity index (χ1v) is 7.73. The molecule has 2 rings (SSSR count). The molecule has 7 nitrogen and oxygen atoms in total. The number of nitrogens with zero attached hydrogens (tertiary/aromatic N) is 1. The quantitative estimate of drug-likeness (QED) is 0.801. The van der Waals surface area contributed by atoms with Crippen LogP contribution in [0.4, 0.5) is 5.69 Å². The van der Waals surface area contributed by atoms with Crippen LogP contribution in [0.2, 0.25) is 0 Å². The summed E-state index contributed by atoms with van der Waals surface area (Å²) in [6.45, 7) is 1.43. The van der Waals surface area contributed by atoms with Gasteiger partial charge in [-0.05, 0) is 31.2 Å². The summed E-state index contributed by atoms with van der Waals surface area (Å²) in [7, 11) is 2.83. The van der Waals surface area contributed by atoms with Crippen molar-refractivity contribution in [1.29, 1.82) is 5.26 Å². The van der Waals surface area contributed by atoms with Crippen LogP contribution in [-0.4, -0.2) is 32.2 Å². The average molecular weight is 354 g/mol. The second-order valence-electron chi connectivity index (χ2n) is 5.23. The highest BCUT2D eigenvalue weighted by atomic mass is 16.6. The predicted molar refractivity (Wildman–Crippen MR) is 94.2 cm³/mol. The van der Waals surface area contributed by atoms with Crippen LogP contribution in [0, 0.1) is 11.3 Å². The summed E-state index contributed by atoms with van der Waals surface area (Å²) in [6.07, 6.45) is -1.09. The van der Waals surface area contributed by atoms with Crippen molar-refractivity contribution in [3.63, 3.8) is 0 Å². The first-order valence-electron chi connectivity index (χ1n) is 7.73. The van der Waals surface area contributed by atoms with Crippen molar-refractivity contribution < 1.29 is 23.8 Å². The molecule has 0 heterocycles. The Bertz CT molecular complexity index is 835. The zero-order valence-electron chi connectivity index (χ0n) is 14.6. The van der Waals surface area contributed by atoms with Crippen molar-refractivity contribution in [3.8, 4) is 17.6 Å². The van der Waals surface area contributed by atoms with Crippen LogP contribution in [0.5, 0.6) is 11.5 Å². The van der Waals surface area contributed by atoms with Crippen molar-refractivity contribution >= 4 is 17.6 Å². The standard InChI is InChI=1S/C19H18N2O5/c1-12(18(22)21-14-8-5-4-7-13(14)11-20)26-19(23)17-15(24-2)9-6-10-16(17)25-3/h4-10,12H,1-3H3,(H,21,22)/t12-/m0/s1. The number of para-hydroxylation sites is 1. The van der Waals surface area contributed by atoms with Gasteiger partial charge < -0.3 is 19.5 Å². The summed E-state index contributed by atoms with van der Waals surface area (Å²) in [6, 6.07) is 13.4. The van der Waals surface area contributed by atoms with Gasteiger partial charge in [-0.2, -0.15) is 5.26 Å². The van der Waals surface area contributed by atoms with E-state index in [1.807, 2.05) is 6.07 Å². The van der Waals surface area contributed by atoms with Crippen molar-refractivity contribution in [3.05, 3.63) is 53.6 Å². The lowest BCUT2D eigenvalue weighted by Gasteiger charge is -2.16. The van der Waals surface area contributed by atoms with E-state index in [2.05, 4.69) is 5.32 Å². The molecule has 2 aromatic rings. The zero-order valence-corrected chi connectivity index (χ0v) is 14.6. The zero-order chi connectivity index (χ0) is 19.1. The molecule has 0 bridgehead atoms. The maximum absolute atomic E-state index is 12.5. The van der Waals surface area contributed by atoms with Gasteiger partial charge in [-0.25, -0.2) is 4.79 Å². The molecule has 0 aliphatic rings. The molecule has 1 atom stereocenters. The van der Waals surface area contributed by atoms with Gasteiger partial charge in [0.25, 0.3) is 5.91 Å². The Morgan fingerprint density at radius 3 is 2.23 bits per heavy atom. The fraction of sp³-hybridized carbons (Fsp3) is 0.211. The number of hydrogen-bond donors (Lipinski definition) is 1. The monoisotopic (exact) mass is 354 g/mol. The van der Waals surface area contributed by atoms with Gasteiger partial charge in [0.15, 0.2) is 6.10 Å². The molecule has 0 aliphatic heterocycles. The summed E-state index contributed by atoms with van der Waals surface area (Å²) in [5, 5.41) is 11.6. The molecule has 0 aromatic heterocycles. The van der Waals surface area contributed by atoms with Gasteiger partial charge >= 0.3 is 5.97 Å². The largest absolute Gasteiger partial charge is 0.496 e. The number of hydrogen-bond acceptors (Lipinski definition) is 6. The summed E-state index contributed by atoms with van der Waals surface area (Å²) in [5.41, 5.74) is 0.748. The van der Waals surface area contributed by atoms with E-state index < -0.39 is 18.0 Å². The third-order valence-corrected chi connectivity index (χ3v) is 3.59. The molecule has 7 heteroatoms. The number of methoxy groups -OCH3 is 2. The SMILES string of the molecule is COc1cccc(OC)c1C(=O)O[C@@H](C)C(=O)Nc1ccccc1C#N. The third-order valence-electron chi connectivity index (χ3n) is 3.59. The number of carbonyl (C=O) groups is 2. The average Bonchev–Trinajstić information content (AvgIpc) is 2.67. The van der Waals surface area contributed by atoms with Gasteiger partial charge in [-0.15, -0.1) is 0 Å². The van der Waals surface area contributed by atoms with Gasteiger partial charge in [0.2, 0.25) is 0 Å².